The lowest BCUT2D eigenvalue weighted by Crippen LogP contribution is -2.46. The molecule has 0 amide bonds. The van der Waals surface area contributed by atoms with Gasteiger partial charge in [-0.2, -0.15) is 0 Å². The second kappa shape index (κ2) is 4.52. The Bertz CT molecular complexity index is 236. The molecule has 2 aliphatic rings. The molecule has 0 radical (unpaired) electrons. The third-order valence-electron chi connectivity index (χ3n) is 4.18. The maximum atomic E-state index is 10.9. The minimum atomic E-state index is -0.619. The molecule has 2 fully saturated rings. The van der Waals surface area contributed by atoms with Crippen LogP contribution in [-0.4, -0.2) is 35.6 Å². The first-order valence-electron chi connectivity index (χ1n) is 6.11. The van der Waals surface area contributed by atoms with Crippen molar-refractivity contribution in [1.82, 2.24) is 4.90 Å². The molecule has 15 heavy (non-hydrogen) atoms. The van der Waals surface area contributed by atoms with Crippen molar-refractivity contribution in [3.05, 3.63) is 0 Å². The van der Waals surface area contributed by atoms with Crippen LogP contribution in [0.4, 0.5) is 0 Å². The third-order valence-corrected chi connectivity index (χ3v) is 4.18. The van der Waals surface area contributed by atoms with E-state index < -0.39 is 5.97 Å². The van der Waals surface area contributed by atoms with Crippen LogP contribution < -0.4 is 0 Å². The Labute approximate surface area is 91.5 Å². The highest BCUT2D eigenvalue weighted by atomic mass is 16.4. The van der Waals surface area contributed by atoms with Gasteiger partial charge in [-0.15, -0.1) is 0 Å². The number of aliphatic carboxylic acids is 1. The average Bonchev–Trinajstić information content (AvgIpc) is 2.70. The molecule has 3 heteroatoms. The maximum Gasteiger partial charge on any atom is 0.307 e. The number of rotatable bonds is 2. The van der Waals surface area contributed by atoms with E-state index in [4.69, 9.17) is 5.11 Å². The van der Waals surface area contributed by atoms with E-state index in [-0.39, 0.29) is 5.92 Å². The van der Waals surface area contributed by atoms with Gasteiger partial charge in [-0.3, -0.25) is 4.79 Å². The van der Waals surface area contributed by atoms with Gasteiger partial charge in [0.15, 0.2) is 0 Å². The Morgan fingerprint density at radius 1 is 1.20 bits per heavy atom. The summed E-state index contributed by atoms with van der Waals surface area (Å²) in [5.74, 6) is 0.0871. The van der Waals surface area contributed by atoms with Crippen molar-refractivity contribution in [2.24, 2.45) is 11.8 Å². The summed E-state index contributed by atoms with van der Waals surface area (Å²) >= 11 is 0. The average molecular weight is 211 g/mol. The van der Waals surface area contributed by atoms with Crippen LogP contribution in [0.1, 0.15) is 38.5 Å². The lowest BCUT2D eigenvalue weighted by atomic mass is 9.85. The van der Waals surface area contributed by atoms with E-state index in [2.05, 4.69) is 11.9 Å². The molecular weight excluding hydrogens is 190 g/mol. The number of likely N-dealkylation sites (tertiary alicyclic amines) is 1. The molecule has 1 heterocycles. The predicted molar refractivity (Wildman–Crippen MR) is 58.7 cm³/mol. The first-order chi connectivity index (χ1) is 7.18. The van der Waals surface area contributed by atoms with Crippen molar-refractivity contribution < 1.29 is 9.90 Å². The summed E-state index contributed by atoms with van der Waals surface area (Å²) in [4.78, 5) is 13.2. The topological polar surface area (TPSA) is 40.5 Å². The Kier molecular flexibility index (Phi) is 3.29. The second-order valence-corrected chi connectivity index (χ2v) is 5.16. The van der Waals surface area contributed by atoms with Crippen molar-refractivity contribution in [3.63, 3.8) is 0 Å². The summed E-state index contributed by atoms with van der Waals surface area (Å²) in [5.41, 5.74) is 0. The van der Waals surface area contributed by atoms with E-state index in [0.29, 0.717) is 6.04 Å². The molecule has 2 unspecified atom stereocenters. The van der Waals surface area contributed by atoms with Crippen molar-refractivity contribution in [2.45, 2.75) is 44.6 Å². The Morgan fingerprint density at radius 2 is 1.87 bits per heavy atom. The van der Waals surface area contributed by atoms with Crippen LogP contribution in [0.25, 0.3) is 0 Å². The van der Waals surface area contributed by atoms with Gasteiger partial charge in [-0.05, 0) is 38.6 Å². The summed E-state index contributed by atoms with van der Waals surface area (Å²) in [7, 11) is 2.10. The zero-order valence-electron chi connectivity index (χ0n) is 9.48. The summed E-state index contributed by atoms with van der Waals surface area (Å²) < 4.78 is 0. The van der Waals surface area contributed by atoms with E-state index in [0.717, 1.165) is 25.3 Å². The summed E-state index contributed by atoms with van der Waals surface area (Å²) in [5, 5.41) is 8.98. The molecule has 0 aromatic heterocycles. The van der Waals surface area contributed by atoms with Crippen molar-refractivity contribution in [1.29, 1.82) is 0 Å². The second-order valence-electron chi connectivity index (χ2n) is 5.16. The van der Waals surface area contributed by atoms with E-state index >= 15 is 0 Å². The van der Waals surface area contributed by atoms with Crippen LogP contribution in [0.2, 0.25) is 0 Å². The van der Waals surface area contributed by atoms with Crippen LogP contribution in [-0.2, 0) is 4.79 Å². The lowest BCUT2D eigenvalue weighted by molar-refractivity contribution is -0.144. The number of carbonyl (C=O) groups is 1. The van der Waals surface area contributed by atoms with Crippen molar-refractivity contribution in [3.8, 4) is 0 Å². The molecule has 3 nitrogen and oxygen atoms in total. The van der Waals surface area contributed by atoms with Crippen LogP contribution in [0.5, 0.6) is 0 Å². The first-order valence-corrected chi connectivity index (χ1v) is 6.11. The van der Waals surface area contributed by atoms with Gasteiger partial charge in [0, 0.05) is 12.6 Å². The molecule has 0 aromatic rings. The van der Waals surface area contributed by atoms with E-state index in [1.54, 1.807) is 0 Å². The van der Waals surface area contributed by atoms with Gasteiger partial charge in [-0.25, -0.2) is 0 Å². The summed E-state index contributed by atoms with van der Waals surface area (Å²) in [6.07, 6.45) is 7.41. The summed E-state index contributed by atoms with van der Waals surface area (Å²) in [6.45, 7) is 0.747. The monoisotopic (exact) mass is 211 g/mol. The van der Waals surface area contributed by atoms with Crippen LogP contribution in [0.3, 0.4) is 0 Å². The highest BCUT2D eigenvalue weighted by Gasteiger charge is 2.34. The zero-order chi connectivity index (χ0) is 10.8. The Hall–Kier alpha value is -0.570. The molecule has 1 N–H and O–H groups in total. The highest BCUT2D eigenvalue weighted by Crippen LogP contribution is 2.35. The molecular formula is C12H21NO2. The zero-order valence-corrected chi connectivity index (χ0v) is 9.48. The minimum absolute atomic E-state index is 0.132. The molecule has 1 aliphatic heterocycles. The Morgan fingerprint density at radius 3 is 2.40 bits per heavy atom. The normalized spacial score (nSPS) is 34.5. The van der Waals surface area contributed by atoms with Crippen LogP contribution >= 0.6 is 0 Å². The fraction of sp³-hybridized carbons (Fsp3) is 0.917. The fourth-order valence-electron chi connectivity index (χ4n) is 3.31. The first kappa shape index (κ1) is 10.9. The number of piperidine rings is 1. The van der Waals surface area contributed by atoms with Gasteiger partial charge in [0.2, 0.25) is 0 Å². The van der Waals surface area contributed by atoms with E-state index in [9.17, 15) is 4.79 Å². The van der Waals surface area contributed by atoms with Gasteiger partial charge >= 0.3 is 5.97 Å². The number of carboxylic acids is 1. The molecule has 2 rings (SSSR count). The Balaban J connectivity index is 1.91. The fourth-order valence-corrected chi connectivity index (χ4v) is 3.31. The molecule has 1 aliphatic carbocycles. The molecule has 0 bridgehead atoms. The van der Waals surface area contributed by atoms with Crippen LogP contribution in [0.15, 0.2) is 0 Å². The van der Waals surface area contributed by atoms with Gasteiger partial charge in [0.05, 0.1) is 5.92 Å². The SMILES string of the molecule is CN1CC(C(=O)O)CCC1C1CCCC1. The maximum absolute atomic E-state index is 10.9. The molecule has 1 saturated heterocycles. The number of hydrogen-bond donors (Lipinski definition) is 1. The predicted octanol–water partition coefficient (Wildman–Crippen LogP) is 1.97. The molecule has 2 atom stereocenters. The van der Waals surface area contributed by atoms with E-state index in [1.165, 1.54) is 25.7 Å². The molecule has 1 saturated carbocycles. The summed E-state index contributed by atoms with van der Waals surface area (Å²) in [6, 6.07) is 0.656. The van der Waals surface area contributed by atoms with E-state index in [1.807, 2.05) is 0 Å². The standard InChI is InChI=1S/C12H21NO2/c1-13-8-10(12(14)15)6-7-11(13)9-4-2-3-5-9/h9-11H,2-8H2,1H3,(H,14,15). The largest absolute Gasteiger partial charge is 0.481 e. The number of nitrogens with zero attached hydrogens (tertiary/aromatic N) is 1. The van der Waals surface area contributed by atoms with Crippen LogP contribution in [0, 0.1) is 11.8 Å². The minimum Gasteiger partial charge on any atom is -0.481 e. The number of carboxylic acid groups (broad SMARTS) is 1. The number of hydrogen-bond acceptors (Lipinski definition) is 2. The quantitative estimate of drug-likeness (QED) is 0.759. The smallest absolute Gasteiger partial charge is 0.307 e. The lowest BCUT2D eigenvalue weighted by Gasteiger charge is -2.39. The highest BCUT2D eigenvalue weighted by molar-refractivity contribution is 5.70. The van der Waals surface area contributed by atoms with Crippen molar-refractivity contribution >= 4 is 5.97 Å². The molecule has 0 aromatic carbocycles. The van der Waals surface area contributed by atoms with Gasteiger partial charge in [-0.1, -0.05) is 12.8 Å². The van der Waals surface area contributed by atoms with Crippen molar-refractivity contribution in [2.75, 3.05) is 13.6 Å². The third kappa shape index (κ3) is 2.33. The molecule has 86 valence electrons. The van der Waals surface area contributed by atoms with Gasteiger partial charge in [0.25, 0.3) is 0 Å². The van der Waals surface area contributed by atoms with Gasteiger partial charge < -0.3 is 10.0 Å². The molecule has 0 spiro atoms. The van der Waals surface area contributed by atoms with Gasteiger partial charge in [0.1, 0.15) is 0 Å².